The number of aromatic nitrogens is 1. The summed E-state index contributed by atoms with van der Waals surface area (Å²) in [7, 11) is 0. The van der Waals surface area contributed by atoms with Crippen LogP contribution in [-0.4, -0.2) is 10.8 Å². The number of Topliss-reactive ketones (excluding diaryl/α,β-unsaturated/α-hetero) is 1. The van der Waals surface area contributed by atoms with Crippen LogP contribution in [0.25, 0.3) is 0 Å². The van der Waals surface area contributed by atoms with Crippen LogP contribution < -0.4 is 0 Å². The summed E-state index contributed by atoms with van der Waals surface area (Å²) < 4.78 is 0. The Balaban J connectivity index is 1.61. The number of nitrogens with zero attached hydrogens (tertiary/aromatic N) is 2. The molecule has 4 fully saturated rings. The molecule has 3 nitrogen and oxygen atoms in total. The topological polar surface area (TPSA) is 53.8 Å². The number of carbonyl (C=O) groups is 1. The Bertz CT molecular complexity index is 561. The summed E-state index contributed by atoms with van der Waals surface area (Å²) in [6, 6.07) is 5.86. The molecule has 0 N–H and O–H groups in total. The molecule has 0 saturated heterocycles. The van der Waals surface area contributed by atoms with Crippen LogP contribution in [0.1, 0.15) is 43.6 Å². The van der Waals surface area contributed by atoms with Crippen LogP contribution in [0.5, 0.6) is 0 Å². The van der Waals surface area contributed by atoms with Crippen molar-refractivity contribution in [1.29, 1.82) is 5.26 Å². The largest absolute Gasteiger partial charge is 0.298 e. The Hall–Kier alpha value is -1.69. The van der Waals surface area contributed by atoms with Gasteiger partial charge in [-0.15, -0.1) is 0 Å². The lowest BCUT2D eigenvalue weighted by molar-refractivity contribution is -0.136. The van der Waals surface area contributed by atoms with Crippen molar-refractivity contribution in [2.75, 3.05) is 0 Å². The molecular formula is C18H20N2O. The molecule has 1 unspecified atom stereocenters. The first kappa shape index (κ1) is 13.0. The van der Waals surface area contributed by atoms with Gasteiger partial charge in [0.15, 0.2) is 5.78 Å². The highest BCUT2D eigenvalue weighted by molar-refractivity contribution is 5.91. The van der Waals surface area contributed by atoms with E-state index >= 15 is 0 Å². The van der Waals surface area contributed by atoms with Crippen LogP contribution >= 0.6 is 0 Å². The molecule has 0 radical (unpaired) electrons. The molecular weight excluding hydrogens is 260 g/mol. The zero-order valence-corrected chi connectivity index (χ0v) is 12.1. The fraction of sp³-hybridized carbons (Fsp3) is 0.611. The van der Waals surface area contributed by atoms with Crippen molar-refractivity contribution in [2.24, 2.45) is 29.6 Å². The molecule has 0 aromatic carbocycles. The summed E-state index contributed by atoms with van der Waals surface area (Å²) in [5.41, 5.74) is 0.811. The van der Waals surface area contributed by atoms with Crippen molar-refractivity contribution in [3.8, 4) is 6.07 Å². The summed E-state index contributed by atoms with van der Waals surface area (Å²) >= 11 is 0. The lowest BCUT2D eigenvalue weighted by Gasteiger charge is -2.54. The van der Waals surface area contributed by atoms with Crippen LogP contribution in [-0.2, 0) is 4.79 Å². The molecule has 3 heteroatoms. The average Bonchev–Trinajstić information content (AvgIpc) is 2.48. The van der Waals surface area contributed by atoms with E-state index < -0.39 is 5.92 Å². The first-order valence-electron chi connectivity index (χ1n) is 8.09. The van der Waals surface area contributed by atoms with Gasteiger partial charge in [0.2, 0.25) is 0 Å². The summed E-state index contributed by atoms with van der Waals surface area (Å²) in [4.78, 5) is 17.0. The second-order valence-corrected chi connectivity index (χ2v) is 7.20. The molecule has 0 aliphatic heterocycles. The summed E-state index contributed by atoms with van der Waals surface area (Å²) in [6.07, 6.45) is 9.61. The van der Waals surface area contributed by atoms with E-state index in [1.165, 1.54) is 32.1 Å². The number of hydrogen-bond acceptors (Lipinski definition) is 3. The highest BCUT2D eigenvalue weighted by Crippen LogP contribution is 2.57. The maximum Gasteiger partial charge on any atom is 0.158 e. The van der Waals surface area contributed by atoms with E-state index in [0.717, 1.165) is 17.4 Å². The van der Waals surface area contributed by atoms with Gasteiger partial charge in [-0.2, -0.15) is 5.26 Å². The van der Waals surface area contributed by atoms with Crippen molar-refractivity contribution in [3.05, 3.63) is 30.1 Å². The normalized spacial score (nSPS) is 38.0. The Morgan fingerprint density at radius 1 is 1.10 bits per heavy atom. The van der Waals surface area contributed by atoms with Gasteiger partial charge in [0.1, 0.15) is 5.92 Å². The minimum atomic E-state index is -0.601. The molecule has 4 saturated carbocycles. The Labute approximate surface area is 125 Å². The molecule has 108 valence electrons. The Morgan fingerprint density at radius 3 is 2.19 bits per heavy atom. The minimum Gasteiger partial charge on any atom is -0.298 e. The van der Waals surface area contributed by atoms with Gasteiger partial charge >= 0.3 is 0 Å². The monoisotopic (exact) mass is 280 g/mol. The number of hydrogen-bond donors (Lipinski definition) is 0. The number of rotatable bonds is 3. The van der Waals surface area contributed by atoms with Crippen LogP contribution in [0.4, 0.5) is 0 Å². The third kappa shape index (κ3) is 2.09. The van der Waals surface area contributed by atoms with E-state index in [4.69, 9.17) is 0 Å². The number of pyridine rings is 1. The quantitative estimate of drug-likeness (QED) is 0.853. The van der Waals surface area contributed by atoms with E-state index in [0.29, 0.717) is 11.8 Å². The first-order valence-corrected chi connectivity index (χ1v) is 8.09. The predicted molar refractivity (Wildman–Crippen MR) is 78.1 cm³/mol. The average molecular weight is 280 g/mol. The molecule has 21 heavy (non-hydrogen) atoms. The fourth-order valence-electron chi connectivity index (χ4n) is 5.44. The van der Waals surface area contributed by atoms with Crippen molar-refractivity contribution in [3.63, 3.8) is 0 Å². The maximum absolute atomic E-state index is 13.0. The number of ketones is 1. The fourth-order valence-corrected chi connectivity index (χ4v) is 5.44. The molecule has 0 spiro atoms. The van der Waals surface area contributed by atoms with Crippen molar-refractivity contribution in [2.45, 2.75) is 38.0 Å². The van der Waals surface area contributed by atoms with Gasteiger partial charge in [0.25, 0.3) is 0 Å². The highest BCUT2D eigenvalue weighted by atomic mass is 16.1. The van der Waals surface area contributed by atoms with Crippen molar-refractivity contribution < 1.29 is 4.79 Å². The molecule has 4 bridgehead atoms. The third-order valence-corrected chi connectivity index (χ3v) is 6.01. The SMILES string of the molecule is N#CC(C(=O)C1C2CC3CC(C2)CC1C3)c1ccncc1. The van der Waals surface area contributed by atoms with E-state index in [1.807, 2.05) is 12.1 Å². The smallest absolute Gasteiger partial charge is 0.158 e. The third-order valence-electron chi connectivity index (χ3n) is 6.01. The first-order chi connectivity index (χ1) is 10.3. The van der Waals surface area contributed by atoms with Gasteiger partial charge < -0.3 is 0 Å². The van der Waals surface area contributed by atoms with Crippen LogP contribution in [0.15, 0.2) is 24.5 Å². The van der Waals surface area contributed by atoms with Gasteiger partial charge in [-0.1, -0.05) is 0 Å². The highest BCUT2D eigenvalue weighted by Gasteiger charge is 2.51. The van der Waals surface area contributed by atoms with E-state index in [2.05, 4.69) is 11.1 Å². The van der Waals surface area contributed by atoms with E-state index in [9.17, 15) is 10.1 Å². The molecule has 1 atom stereocenters. The minimum absolute atomic E-state index is 0.135. The van der Waals surface area contributed by atoms with Gasteiger partial charge in [-0.3, -0.25) is 9.78 Å². The van der Waals surface area contributed by atoms with Crippen LogP contribution in [0.2, 0.25) is 0 Å². The number of carbonyl (C=O) groups excluding carboxylic acids is 1. The molecule has 4 aliphatic rings. The summed E-state index contributed by atoms with van der Waals surface area (Å²) in [6.45, 7) is 0. The molecule has 1 aromatic rings. The van der Waals surface area contributed by atoms with Gasteiger partial charge in [0.05, 0.1) is 6.07 Å². The summed E-state index contributed by atoms with van der Waals surface area (Å²) in [5.74, 6) is 2.53. The zero-order valence-electron chi connectivity index (χ0n) is 12.1. The standard InChI is InChI=1S/C18H20N2O/c19-10-16(13-1-3-20-4-2-13)18(21)17-14-6-11-5-12(8-14)9-15(17)7-11/h1-4,11-12,14-17H,5-9H2. The Morgan fingerprint density at radius 2 is 1.67 bits per heavy atom. The lowest BCUT2D eigenvalue weighted by Crippen LogP contribution is -2.48. The molecule has 5 rings (SSSR count). The maximum atomic E-state index is 13.0. The van der Waals surface area contributed by atoms with Crippen LogP contribution in [0.3, 0.4) is 0 Å². The van der Waals surface area contributed by atoms with E-state index in [-0.39, 0.29) is 11.7 Å². The van der Waals surface area contributed by atoms with Gasteiger partial charge in [0, 0.05) is 18.3 Å². The molecule has 4 aliphatic carbocycles. The Kier molecular flexibility index (Phi) is 3.06. The van der Waals surface area contributed by atoms with Gasteiger partial charge in [-0.05, 0) is 73.5 Å². The van der Waals surface area contributed by atoms with E-state index in [1.54, 1.807) is 12.4 Å². The zero-order chi connectivity index (χ0) is 14.4. The van der Waals surface area contributed by atoms with Gasteiger partial charge in [-0.25, -0.2) is 0 Å². The molecule has 0 amide bonds. The van der Waals surface area contributed by atoms with Crippen molar-refractivity contribution in [1.82, 2.24) is 4.98 Å². The lowest BCUT2D eigenvalue weighted by atomic mass is 9.50. The second kappa shape index (κ2) is 4.94. The second-order valence-electron chi connectivity index (χ2n) is 7.20. The van der Waals surface area contributed by atoms with Crippen molar-refractivity contribution >= 4 is 5.78 Å². The van der Waals surface area contributed by atoms with Crippen LogP contribution in [0, 0.1) is 40.9 Å². The summed E-state index contributed by atoms with van der Waals surface area (Å²) in [5, 5.41) is 9.51. The number of nitriles is 1. The molecule has 1 heterocycles. The molecule has 1 aromatic heterocycles. The predicted octanol–water partition coefficient (Wildman–Crippen LogP) is 3.33.